The van der Waals surface area contributed by atoms with E-state index in [9.17, 15) is 4.79 Å². The molecule has 3 aromatic rings. The molecule has 4 nitrogen and oxygen atoms in total. The van der Waals surface area contributed by atoms with Crippen molar-refractivity contribution in [3.05, 3.63) is 84.1 Å². The van der Waals surface area contributed by atoms with Gasteiger partial charge in [-0.15, -0.1) is 0 Å². The fourth-order valence-electron chi connectivity index (χ4n) is 2.34. The lowest BCUT2D eigenvalue weighted by Crippen LogP contribution is -2.30. The SMILES string of the molecule is Cc1ccccc1N(Cc1cccnc1)C(=O)c1ccco1. The number of carbonyl (C=O) groups is 1. The van der Waals surface area contributed by atoms with E-state index in [0.29, 0.717) is 12.3 Å². The molecule has 1 amide bonds. The summed E-state index contributed by atoms with van der Waals surface area (Å²) in [5.41, 5.74) is 2.87. The molecule has 3 rings (SSSR count). The van der Waals surface area contributed by atoms with Crippen molar-refractivity contribution < 1.29 is 9.21 Å². The first-order valence-corrected chi connectivity index (χ1v) is 7.05. The monoisotopic (exact) mass is 292 g/mol. The smallest absolute Gasteiger partial charge is 0.294 e. The number of hydrogen-bond acceptors (Lipinski definition) is 3. The second-order valence-corrected chi connectivity index (χ2v) is 5.02. The molecular formula is C18H16N2O2. The van der Waals surface area contributed by atoms with Gasteiger partial charge in [0.25, 0.3) is 5.91 Å². The third-order valence-electron chi connectivity index (χ3n) is 3.45. The van der Waals surface area contributed by atoms with Gasteiger partial charge < -0.3 is 9.32 Å². The summed E-state index contributed by atoms with van der Waals surface area (Å²) in [6.45, 7) is 2.43. The molecule has 0 saturated carbocycles. The average Bonchev–Trinajstić information content (AvgIpc) is 3.08. The van der Waals surface area contributed by atoms with Gasteiger partial charge in [0, 0.05) is 18.1 Å². The van der Waals surface area contributed by atoms with E-state index in [4.69, 9.17) is 4.42 Å². The molecule has 0 N–H and O–H groups in total. The molecule has 22 heavy (non-hydrogen) atoms. The lowest BCUT2D eigenvalue weighted by atomic mass is 10.1. The number of amides is 1. The number of carbonyl (C=O) groups excluding carboxylic acids is 1. The van der Waals surface area contributed by atoms with Crippen molar-refractivity contribution in [1.82, 2.24) is 4.98 Å². The molecule has 0 saturated heterocycles. The van der Waals surface area contributed by atoms with Crippen molar-refractivity contribution in [1.29, 1.82) is 0 Å². The number of anilines is 1. The molecular weight excluding hydrogens is 276 g/mol. The lowest BCUT2D eigenvalue weighted by Gasteiger charge is -2.23. The summed E-state index contributed by atoms with van der Waals surface area (Å²) in [6, 6.07) is 15.0. The van der Waals surface area contributed by atoms with E-state index in [0.717, 1.165) is 16.8 Å². The highest BCUT2D eigenvalue weighted by Crippen LogP contribution is 2.23. The molecule has 0 spiro atoms. The third kappa shape index (κ3) is 2.91. The van der Waals surface area contributed by atoms with Gasteiger partial charge in [0.1, 0.15) is 0 Å². The number of furan rings is 1. The Morgan fingerprint density at radius 2 is 2.00 bits per heavy atom. The molecule has 0 fully saturated rings. The van der Waals surface area contributed by atoms with Gasteiger partial charge in [-0.1, -0.05) is 24.3 Å². The molecule has 0 radical (unpaired) electrons. The molecule has 0 atom stereocenters. The number of hydrogen-bond donors (Lipinski definition) is 0. The minimum absolute atomic E-state index is 0.164. The van der Waals surface area contributed by atoms with Gasteiger partial charge in [0.2, 0.25) is 0 Å². The van der Waals surface area contributed by atoms with Crippen molar-refractivity contribution in [2.45, 2.75) is 13.5 Å². The second kappa shape index (κ2) is 6.26. The maximum Gasteiger partial charge on any atom is 0.294 e. The Bertz CT molecular complexity index is 752. The van der Waals surface area contributed by atoms with Crippen LogP contribution in [0.4, 0.5) is 5.69 Å². The van der Waals surface area contributed by atoms with Crippen molar-refractivity contribution >= 4 is 11.6 Å². The molecule has 110 valence electrons. The van der Waals surface area contributed by atoms with E-state index in [1.54, 1.807) is 29.4 Å². The highest BCUT2D eigenvalue weighted by Gasteiger charge is 2.21. The molecule has 0 aliphatic carbocycles. The second-order valence-electron chi connectivity index (χ2n) is 5.02. The van der Waals surface area contributed by atoms with Crippen molar-refractivity contribution in [3.8, 4) is 0 Å². The summed E-state index contributed by atoms with van der Waals surface area (Å²) in [5.74, 6) is 0.162. The van der Waals surface area contributed by atoms with E-state index < -0.39 is 0 Å². The topological polar surface area (TPSA) is 46.3 Å². The average molecular weight is 292 g/mol. The Hall–Kier alpha value is -2.88. The summed E-state index contributed by atoms with van der Waals surface area (Å²) in [4.78, 5) is 18.6. The first-order chi connectivity index (χ1) is 10.8. The quantitative estimate of drug-likeness (QED) is 0.734. The third-order valence-corrected chi connectivity index (χ3v) is 3.45. The zero-order valence-electron chi connectivity index (χ0n) is 12.3. The van der Waals surface area contributed by atoms with Crippen molar-refractivity contribution in [3.63, 3.8) is 0 Å². The number of pyridine rings is 1. The fraction of sp³-hybridized carbons (Fsp3) is 0.111. The number of aryl methyl sites for hydroxylation is 1. The molecule has 2 heterocycles. The summed E-state index contributed by atoms with van der Waals surface area (Å²) in [7, 11) is 0. The number of para-hydroxylation sites is 1. The van der Waals surface area contributed by atoms with Crippen LogP contribution in [0, 0.1) is 6.92 Å². The van der Waals surface area contributed by atoms with Gasteiger partial charge in [-0.25, -0.2) is 0 Å². The Labute approximate surface area is 129 Å². The highest BCUT2D eigenvalue weighted by molar-refractivity contribution is 6.04. The standard InChI is InChI=1S/C18H16N2O2/c1-14-6-2-3-8-16(14)20(13-15-7-4-10-19-12-15)18(21)17-9-5-11-22-17/h2-12H,13H2,1H3. The number of nitrogens with zero attached hydrogens (tertiary/aromatic N) is 2. The highest BCUT2D eigenvalue weighted by atomic mass is 16.3. The predicted octanol–water partition coefficient (Wildman–Crippen LogP) is 3.83. The van der Waals surface area contributed by atoms with E-state index in [1.165, 1.54) is 6.26 Å². The first kappa shape index (κ1) is 14.1. The number of rotatable bonds is 4. The van der Waals surface area contributed by atoms with Gasteiger partial charge >= 0.3 is 0 Å². The molecule has 4 heteroatoms. The van der Waals surface area contributed by atoms with E-state index in [-0.39, 0.29) is 5.91 Å². The van der Waals surface area contributed by atoms with Gasteiger partial charge in [0.05, 0.1) is 12.8 Å². The molecule has 0 bridgehead atoms. The van der Waals surface area contributed by atoms with Gasteiger partial charge in [-0.05, 0) is 42.3 Å². The van der Waals surface area contributed by atoms with Crippen LogP contribution in [0.15, 0.2) is 71.6 Å². The zero-order valence-corrected chi connectivity index (χ0v) is 12.3. The minimum Gasteiger partial charge on any atom is -0.459 e. The maximum absolute atomic E-state index is 12.8. The van der Waals surface area contributed by atoms with Crippen LogP contribution in [0.3, 0.4) is 0 Å². The van der Waals surface area contributed by atoms with Crippen LogP contribution in [-0.4, -0.2) is 10.9 Å². The van der Waals surface area contributed by atoms with Crippen molar-refractivity contribution in [2.75, 3.05) is 4.90 Å². The van der Waals surface area contributed by atoms with Crippen LogP contribution in [0.2, 0.25) is 0 Å². The van der Waals surface area contributed by atoms with E-state index >= 15 is 0 Å². The largest absolute Gasteiger partial charge is 0.459 e. The normalized spacial score (nSPS) is 10.4. The van der Waals surface area contributed by atoms with Gasteiger partial charge in [-0.3, -0.25) is 9.78 Å². The maximum atomic E-state index is 12.8. The predicted molar refractivity (Wildman–Crippen MR) is 84.6 cm³/mol. The summed E-state index contributed by atoms with van der Waals surface area (Å²) >= 11 is 0. The van der Waals surface area contributed by atoms with Gasteiger partial charge in [-0.2, -0.15) is 0 Å². The molecule has 1 aromatic carbocycles. The lowest BCUT2D eigenvalue weighted by molar-refractivity contribution is 0.0958. The zero-order chi connectivity index (χ0) is 15.4. The summed E-state index contributed by atoms with van der Waals surface area (Å²) in [6.07, 6.45) is 4.99. The summed E-state index contributed by atoms with van der Waals surface area (Å²) < 4.78 is 5.27. The van der Waals surface area contributed by atoms with Gasteiger partial charge in [0.15, 0.2) is 5.76 Å². The minimum atomic E-state index is -0.164. The van der Waals surface area contributed by atoms with Crippen LogP contribution in [-0.2, 0) is 6.54 Å². The number of benzene rings is 1. The van der Waals surface area contributed by atoms with Crippen LogP contribution < -0.4 is 4.90 Å². The van der Waals surface area contributed by atoms with Crippen LogP contribution >= 0.6 is 0 Å². The number of aromatic nitrogens is 1. The molecule has 0 aliphatic rings. The molecule has 2 aromatic heterocycles. The summed E-state index contributed by atoms with van der Waals surface area (Å²) in [5, 5.41) is 0. The first-order valence-electron chi connectivity index (χ1n) is 7.05. The Kier molecular flexibility index (Phi) is 4.01. The van der Waals surface area contributed by atoms with Crippen LogP contribution in [0.5, 0.6) is 0 Å². The molecule has 0 unspecified atom stereocenters. The Morgan fingerprint density at radius 3 is 2.68 bits per heavy atom. The Morgan fingerprint density at radius 1 is 1.14 bits per heavy atom. The van der Waals surface area contributed by atoms with Crippen LogP contribution in [0.1, 0.15) is 21.7 Å². The van der Waals surface area contributed by atoms with E-state index in [1.807, 2.05) is 43.3 Å². The van der Waals surface area contributed by atoms with Crippen molar-refractivity contribution in [2.24, 2.45) is 0 Å². The molecule has 0 aliphatic heterocycles. The van der Waals surface area contributed by atoms with E-state index in [2.05, 4.69) is 4.98 Å². The van der Waals surface area contributed by atoms with Crippen LogP contribution in [0.25, 0.3) is 0 Å². The Balaban J connectivity index is 1.99. The fourth-order valence-corrected chi connectivity index (χ4v) is 2.34.